The highest BCUT2D eigenvalue weighted by Crippen LogP contribution is 2.55. The van der Waals surface area contributed by atoms with E-state index in [4.69, 9.17) is 5.11 Å². The summed E-state index contributed by atoms with van der Waals surface area (Å²) < 4.78 is 1.52. The quantitative estimate of drug-likeness (QED) is 0.820. The fourth-order valence-corrected chi connectivity index (χ4v) is 3.05. The number of carbonyl (C=O) groups is 1. The highest BCUT2D eigenvalue weighted by Gasteiger charge is 2.55. The number of pyridine rings is 1. The zero-order valence-electron chi connectivity index (χ0n) is 9.87. The molecule has 3 rings (SSSR count). The maximum absolute atomic E-state index is 12.0. The van der Waals surface area contributed by atoms with Crippen LogP contribution in [0.4, 0.5) is 0 Å². The van der Waals surface area contributed by atoms with Crippen LogP contribution in [0.5, 0.6) is 0 Å². The van der Waals surface area contributed by atoms with Gasteiger partial charge < -0.3 is 14.8 Å². The van der Waals surface area contributed by atoms with E-state index in [1.54, 1.807) is 12.3 Å². The highest BCUT2D eigenvalue weighted by atomic mass is 16.4. The van der Waals surface area contributed by atoms with Crippen LogP contribution in [-0.2, 0) is 0 Å². The predicted molar refractivity (Wildman–Crippen MR) is 63.6 cm³/mol. The number of aromatic nitrogens is 1. The van der Waals surface area contributed by atoms with Crippen molar-refractivity contribution in [2.75, 3.05) is 0 Å². The summed E-state index contributed by atoms with van der Waals surface area (Å²) in [6.07, 6.45) is 4.66. The molecule has 0 radical (unpaired) electrons. The summed E-state index contributed by atoms with van der Waals surface area (Å²) in [5, 5.41) is 18.9. The first kappa shape index (κ1) is 11.5. The SMILES string of the molecule is O=C(O)c1cccn([C@@H]2CC[C@]3(O)CC3C2)c1=O. The van der Waals surface area contributed by atoms with E-state index in [9.17, 15) is 14.7 Å². The van der Waals surface area contributed by atoms with Gasteiger partial charge in [-0.15, -0.1) is 0 Å². The molecule has 0 amide bonds. The molecule has 1 aromatic heterocycles. The molecule has 2 aliphatic carbocycles. The van der Waals surface area contributed by atoms with E-state index in [1.165, 1.54) is 10.6 Å². The summed E-state index contributed by atoms with van der Waals surface area (Å²) in [6, 6.07) is 2.94. The van der Waals surface area contributed by atoms with E-state index < -0.39 is 17.1 Å². The van der Waals surface area contributed by atoms with E-state index in [2.05, 4.69) is 0 Å². The molecule has 0 aliphatic heterocycles. The van der Waals surface area contributed by atoms with Crippen molar-refractivity contribution in [3.8, 4) is 0 Å². The minimum Gasteiger partial charge on any atom is -0.477 e. The third-order valence-corrected chi connectivity index (χ3v) is 4.27. The van der Waals surface area contributed by atoms with Crippen LogP contribution >= 0.6 is 0 Å². The maximum Gasteiger partial charge on any atom is 0.341 e. The van der Waals surface area contributed by atoms with Crippen LogP contribution in [0.15, 0.2) is 23.1 Å². The van der Waals surface area contributed by atoms with Gasteiger partial charge in [0.25, 0.3) is 5.56 Å². The molecule has 0 aromatic carbocycles. The lowest BCUT2D eigenvalue weighted by Crippen LogP contribution is -2.32. The van der Waals surface area contributed by atoms with Crippen molar-refractivity contribution in [1.82, 2.24) is 4.57 Å². The van der Waals surface area contributed by atoms with E-state index in [1.807, 2.05) is 0 Å². The van der Waals surface area contributed by atoms with Crippen molar-refractivity contribution in [3.05, 3.63) is 34.2 Å². The fraction of sp³-hybridized carbons (Fsp3) is 0.538. The third-order valence-electron chi connectivity index (χ3n) is 4.27. The van der Waals surface area contributed by atoms with Crippen molar-refractivity contribution in [1.29, 1.82) is 0 Å². The van der Waals surface area contributed by atoms with Gasteiger partial charge in [0, 0.05) is 12.2 Å². The summed E-state index contributed by atoms with van der Waals surface area (Å²) in [4.78, 5) is 23.0. The molecule has 3 atom stereocenters. The molecule has 2 N–H and O–H groups in total. The highest BCUT2D eigenvalue weighted by molar-refractivity contribution is 5.86. The molecule has 5 heteroatoms. The molecule has 1 aromatic rings. The number of aliphatic hydroxyl groups is 1. The van der Waals surface area contributed by atoms with Crippen molar-refractivity contribution < 1.29 is 15.0 Å². The van der Waals surface area contributed by atoms with E-state index in [0.717, 1.165) is 19.3 Å². The van der Waals surface area contributed by atoms with E-state index >= 15 is 0 Å². The first-order chi connectivity index (χ1) is 8.51. The molecule has 96 valence electrons. The van der Waals surface area contributed by atoms with Crippen molar-refractivity contribution in [2.24, 2.45) is 5.92 Å². The Hall–Kier alpha value is -1.62. The van der Waals surface area contributed by atoms with Crippen LogP contribution < -0.4 is 5.56 Å². The molecule has 2 saturated carbocycles. The normalized spacial score (nSPS) is 33.8. The Morgan fingerprint density at radius 2 is 2.28 bits per heavy atom. The van der Waals surface area contributed by atoms with Gasteiger partial charge in [0.1, 0.15) is 5.56 Å². The van der Waals surface area contributed by atoms with Gasteiger partial charge >= 0.3 is 5.97 Å². The summed E-state index contributed by atoms with van der Waals surface area (Å²) in [6.45, 7) is 0. The lowest BCUT2D eigenvalue weighted by Gasteiger charge is -2.26. The topological polar surface area (TPSA) is 79.5 Å². The number of carboxylic acids is 1. The summed E-state index contributed by atoms with van der Waals surface area (Å²) in [5.74, 6) is -0.912. The number of carboxylic acid groups (broad SMARTS) is 1. The molecule has 0 spiro atoms. The summed E-state index contributed by atoms with van der Waals surface area (Å²) in [7, 11) is 0. The molecule has 18 heavy (non-hydrogen) atoms. The second kappa shape index (κ2) is 3.68. The minimum absolute atomic E-state index is 0.0181. The predicted octanol–water partition coefficient (Wildman–Crippen LogP) is 1.02. The van der Waals surface area contributed by atoms with Gasteiger partial charge in [0.15, 0.2) is 0 Å². The standard InChI is InChI=1S/C13H15NO4/c15-11-10(12(16)17)2-1-5-14(11)9-3-4-13(18)7-8(13)6-9/h1-2,5,8-9,18H,3-4,6-7H2,(H,16,17)/t8?,9-,13+/m1/s1. The molecule has 1 heterocycles. The number of fused-ring (bicyclic) bond motifs is 1. The lowest BCUT2D eigenvalue weighted by molar-refractivity contribution is 0.0690. The first-order valence-corrected chi connectivity index (χ1v) is 6.18. The van der Waals surface area contributed by atoms with Gasteiger partial charge in [0.2, 0.25) is 0 Å². The van der Waals surface area contributed by atoms with Gasteiger partial charge in [-0.1, -0.05) is 0 Å². The molecular formula is C13H15NO4. The van der Waals surface area contributed by atoms with Crippen LogP contribution in [0.3, 0.4) is 0 Å². The molecule has 2 fully saturated rings. The number of hydrogen-bond donors (Lipinski definition) is 2. The molecule has 1 unspecified atom stereocenters. The molecule has 2 aliphatic rings. The number of hydrogen-bond acceptors (Lipinski definition) is 3. The van der Waals surface area contributed by atoms with E-state index in [0.29, 0.717) is 6.42 Å². The molecule has 0 saturated heterocycles. The van der Waals surface area contributed by atoms with Crippen LogP contribution in [0.2, 0.25) is 0 Å². The maximum atomic E-state index is 12.0. The smallest absolute Gasteiger partial charge is 0.341 e. The summed E-state index contributed by atoms with van der Waals surface area (Å²) in [5.41, 5.74) is -1.12. The van der Waals surface area contributed by atoms with E-state index in [-0.39, 0.29) is 17.5 Å². The number of aromatic carboxylic acids is 1. The van der Waals surface area contributed by atoms with Crippen molar-refractivity contribution in [3.63, 3.8) is 0 Å². The molecule has 0 bridgehead atoms. The lowest BCUT2D eigenvalue weighted by atomic mass is 9.93. The Bertz CT molecular complexity index is 564. The average Bonchev–Trinajstić information content (AvgIpc) is 2.99. The van der Waals surface area contributed by atoms with Crippen LogP contribution in [0, 0.1) is 5.92 Å². The molecular weight excluding hydrogens is 234 g/mol. The Morgan fingerprint density at radius 1 is 1.50 bits per heavy atom. The Labute approximate surface area is 104 Å². The monoisotopic (exact) mass is 249 g/mol. The number of rotatable bonds is 2. The Balaban J connectivity index is 1.91. The van der Waals surface area contributed by atoms with Crippen molar-refractivity contribution >= 4 is 5.97 Å². The first-order valence-electron chi connectivity index (χ1n) is 6.18. The summed E-state index contributed by atoms with van der Waals surface area (Å²) >= 11 is 0. The van der Waals surface area contributed by atoms with Gasteiger partial charge in [-0.2, -0.15) is 0 Å². The van der Waals surface area contributed by atoms with Crippen LogP contribution in [-0.4, -0.2) is 26.4 Å². The average molecular weight is 249 g/mol. The van der Waals surface area contributed by atoms with Gasteiger partial charge in [-0.05, 0) is 43.7 Å². The molecule has 5 nitrogen and oxygen atoms in total. The largest absolute Gasteiger partial charge is 0.477 e. The third kappa shape index (κ3) is 1.66. The van der Waals surface area contributed by atoms with Crippen LogP contribution in [0.25, 0.3) is 0 Å². The second-order valence-corrected chi connectivity index (χ2v) is 5.37. The minimum atomic E-state index is -1.19. The van der Waals surface area contributed by atoms with Gasteiger partial charge in [0.05, 0.1) is 5.60 Å². The van der Waals surface area contributed by atoms with Crippen molar-refractivity contribution in [2.45, 2.75) is 37.3 Å². The van der Waals surface area contributed by atoms with Gasteiger partial charge in [-0.3, -0.25) is 4.79 Å². The zero-order valence-corrected chi connectivity index (χ0v) is 9.87. The zero-order chi connectivity index (χ0) is 12.9. The number of nitrogens with zero attached hydrogens (tertiary/aromatic N) is 1. The second-order valence-electron chi connectivity index (χ2n) is 5.37. The Morgan fingerprint density at radius 3 is 2.94 bits per heavy atom. The van der Waals surface area contributed by atoms with Crippen LogP contribution in [0.1, 0.15) is 42.1 Å². The Kier molecular flexibility index (Phi) is 2.35. The fourth-order valence-electron chi connectivity index (χ4n) is 3.05. The van der Waals surface area contributed by atoms with Gasteiger partial charge in [-0.25, -0.2) is 4.79 Å².